The van der Waals surface area contributed by atoms with Crippen LogP contribution < -0.4 is 0 Å². The summed E-state index contributed by atoms with van der Waals surface area (Å²) in [5, 5.41) is 0. The van der Waals surface area contributed by atoms with Gasteiger partial charge in [0.2, 0.25) is 0 Å². The minimum absolute atomic E-state index is 0.313. The second-order valence-electron chi connectivity index (χ2n) is 6.81. The Morgan fingerprint density at radius 3 is 2.62 bits per heavy atom. The highest BCUT2D eigenvalue weighted by Gasteiger charge is 2.40. The highest BCUT2D eigenvalue weighted by molar-refractivity contribution is 5.69. The van der Waals surface area contributed by atoms with E-state index in [1.54, 1.807) is 31.7 Å². The normalized spacial score (nSPS) is 22.5. The fourth-order valence-corrected chi connectivity index (χ4v) is 2.63. The minimum atomic E-state index is -0.857. The predicted octanol–water partition coefficient (Wildman–Crippen LogP) is 3.86. The monoisotopic (exact) mass is 297 g/mol. The fraction of sp³-hybridized carbons (Fsp3) is 0.562. The van der Waals surface area contributed by atoms with Gasteiger partial charge in [0.05, 0.1) is 0 Å². The van der Waals surface area contributed by atoms with Crippen molar-refractivity contribution in [3.05, 3.63) is 35.4 Å². The Morgan fingerprint density at radius 2 is 2.00 bits per heavy atom. The number of hydrogen-bond donors (Lipinski definition) is 0. The Labute approximate surface area is 123 Å². The number of rotatable bonds is 1. The molecule has 1 atom stereocenters. The topological polar surface area (TPSA) is 29.5 Å². The molecule has 116 valence electrons. The van der Waals surface area contributed by atoms with Crippen molar-refractivity contribution in [1.82, 2.24) is 4.90 Å². The summed E-state index contributed by atoms with van der Waals surface area (Å²) in [7, 11) is 0. The summed E-state index contributed by atoms with van der Waals surface area (Å²) in [5.74, 6) is -1.68. The van der Waals surface area contributed by atoms with Crippen molar-refractivity contribution in [1.29, 1.82) is 0 Å². The van der Waals surface area contributed by atoms with Crippen molar-refractivity contribution in [3.63, 3.8) is 0 Å². The summed E-state index contributed by atoms with van der Waals surface area (Å²) in [6.07, 6.45) is 0.162. The van der Waals surface area contributed by atoms with E-state index in [0.29, 0.717) is 25.1 Å². The van der Waals surface area contributed by atoms with Crippen LogP contribution in [0.5, 0.6) is 0 Å². The number of halogens is 2. The first kappa shape index (κ1) is 15.7. The molecule has 3 nitrogen and oxygen atoms in total. The van der Waals surface area contributed by atoms with E-state index in [1.807, 2.05) is 6.92 Å². The SMILES string of the molecule is CC(C)(C)OC(=O)N1CCC(C)(c2cccc(F)c2F)C1. The molecule has 0 bridgehead atoms. The van der Waals surface area contributed by atoms with Gasteiger partial charge in [0.15, 0.2) is 11.6 Å². The summed E-state index contributed by atoms with van der Waals surface area (Å²) >= 11 is 0. The number of benzene rings is 1. The minimum Gasteiger partial charge on any atom is -0.444 e. The van der Waals surface area contributed by atoms with Gasteiger partial charge in [0.25, 0.3) is 0 Å². The molecule has 1 amide bonds. The quantitative estimate of drug-likeness (QED) is 0.787. The lowest BCUT2D eigenvalue weighted by Crippen LogP contribution is -2.37. The molecular formula is C16H21F2NO2. The van der Waals surface area contributed by atoms with Crippen LogP contribution >= 0.6 is 0 Å². The van der Waals surface area contributed by atoms with Crippen LogP contribution in [0.15, 0.2) is 18.2 Å². The average Bonchev–Trinajstić information content (AvgIpc) is 2.74. The Morgan fingerprint density at radius 1 is 1.33 bits per heavy atom. The third-order valence-corrected chi connectivity index (χ3v) is 3.73. The Bertz CT molecular complexity index is 554. The van der Waals surface area contributed by atoms with E-state index in [1.165, 1.54) is 6.07 Å². The van der Waals surface area contributed by atoms with Gasteiger partial charge >= 0.3 is 6.09 Å². The lowest BCUT2D eigenvalue weighted by molar-refractivity contribution is 0.0285. The zero-order valence-electron chi connectivity index (χ0n) is 12.9. The molecule has 0 aliphatic carbocycles. The second-order valence-corrected chi connectivity index (χ2v) is 6.81. The van der Waals surface area contributed by atoms with E-state index in [4.69, 9.17) is 4.74 Å². The van der Waals surface area contributed by atoms with E-state index < -0.39 is 28.7 Å². The maximum atomic E-state index is 14.0. The first-order valence-corrected chi connectivity index (χ1v) is 7.05. The van der Waals surface area contributed by atoms with E-state index in [2.05, 4.69) is 0 Å². The molecule has 0 saturated carbocycles. The number of nitrogens with zero attached hydrogens (tertiary/aromatic N) is 1. The first-order chi connectivity index (χ1) is 9.62. The van der Waals surface area contributed by atoms with Gasteiger partial charge in [0.1, 0.15) is 5.60 Å². The van der Waals surface area contributed by atoms with Crippen molar-refractivity contribution in [2.75, 3.05) is 13.1 Å². The third kappa shape index (κ3) is 3.34. The second kappa shape index (κ2) is 5.28. The van der Waals surface area contributed by atoms with E-state index >= 15 is 0 Å². The molecule has 21 heavy (non-hydrogen) atoms. The Kier molecular flexibility index (Phi) is 3.95. The molecule has 1 aromatic rings. The Hall–Kier alpha value is -1.65. The van der Waals surface area contributed by atoms with Crippen LogP contribution in [0, 0.1) is 11.6 Å². The summed E-state index contributed by atoms with van der Waals surface area (Å²) in [5.41, 5.74) is -0.850. The van der Waals surface area contributed by atoms with E-state index in [9.17, 15) is 13.6 Å². The van der Waals surface area contributed by atoms with Crippen LogP contribution in [0.1, 0.15) is 39.7 Å². The fourth-order valence-electron chi connectivity index (χ4n) is 2.63. The molecule has 1 aromatic carbocycles. The van der Waals surface area contributed by atoms with Crippen molar-refractivity contribution < 1.29 is 18.3 Å². The molecule has 1 aliphatic heterocycles. The number of hydrogen-bond acceptors (Lipinski definition) is 2. The zero-order chi connectivity index (χ0) is 15.8. The zero-order valence-corrected chi connectivity index (χ0v) is 12.9. The number of carbonyl (C=O) groups is 1. The van der Waals surface area contributed by atoms with E-state index in [-0.39, 0.29) is 0 Å². The third-order valence-electron chi connectivity index (χ3n) is 3.73. The van der Waals surface area contributed by atoms with Crippen molar-refractivity contribution in [3.8, 4) is 0 Å². The number of ether oxygens (including phenoxy) is 1. The highest BCUT2D eigenvalue weighted by Crippen LogP contribution is 2.36. The lowest BCUT2D eigenvalue weighted by Gasteiger charge is -2.27. The van der Waals surface area contributed by atoms with Gasteiger partial charge in [-0.3, -0.25) is 0 Å². The van der Waals surface area contributed by atoms with Crippen LogP contribution in [0.3, 0.4) is 0 Å². The molecule has 1 aliphatic rings. The van der Waals surface area contributed by atoms with Crippen LogP contribution in [0.4, 0.5) is 13.6 Å². The molecule has 0 radical (unpaired) electrons. The van der Waals surface area contributed by atoms with Gasteiger partial charge in [-0.1, -0.05) is 19.1 Å². The Balaban J connectivity index is 2.17. The molecule has 0 aromatic heterocycles. The van der Waals surface area contributed by atoms with Crippen molar-refractivity contribution in [2.45, 2.75) is 45.1 Å². The molecule has 1 saturated heterocycles. The smallest absolute Gasteiger partial charge is 0.410 e. The van der Waals surface area contributed by atoms with Gasteiger partial charge < -0.3 is 9.64 Å². The molecular weight excluding hydrogens is 276 g/mol. The van der Waals surface area contributed by atoms with Crippen molar-refractivity contribution >= 4 is 6.09 Å². The molecule has 0 spiro atoms. The molecule has 5 heteroatoms. The average molecular weight is 297 g/mol. The number of carbonyl (C=O) groups excluding carboxylic acids is 1. The van der Waals surface area contributed by atoms with Crippen LogP contribution in [0.2, 0.25) is 0 Å². The number of amides is 1. The standard InChI is InChI=1S/C16H21F2NO2/c1-15(2,3)21-14(20)19-9-8-16(4,10-19)11-6-5-7-12(17)13(11)18/h5-7H,8-10H2,1-4H3. The summed E-state index contributed by atoms with van der Waals surface area (Å²) in [4.78, 5) is 13.6. The molecule has 1 unspecified atom stereocenters. The number of likely N-dealkylation sites (tertiary alicyclic amines) is 1. The van der Waals surface area contributed by atoms with Gasteiger partial charge in [-0.05, 0) is 38.8 Å². The lowest BCUT2D eigenvalue weighted by atomic mass is 9.81. The van der Waals surface area contributed by atoms with Crippen molar-refractivity contribution in [2.24, 2.45) is 0 Å². The molecule has 1 heterocycles. The maximum Gasteiger partial charge on any atom is 0.410 e. The molecule has 2 rings (SSSR count). The first-order valence-electron chi connectivity index (χ1n) is 7.05. The summed E-state index contributed by atoms with van der Waals surface area (Å²) < 4.78 is 32.7. The maximum absolute atomic E-state index is 14.0. The van der Waals surface area contributed by atoms with Gasteiger partial charge in [0, 0.05) is 18.5 Å². The predicted molar refractivity (Wildman–Crippen MR) is 76.1 cm³/mol. The van der Waals surface area contributed by atoms with Crippen LogP contribution in [-0.2, 0) is 10.2 Å². The highest BCUT2D eigenvalue weighted by atomic mass is 19.2. The van der Waals surface area contributed by atoms with Gasteiger partial charge in [-0.2, -0.15) is 0 Å². The van der Waals surface area contributed by atoms with Crippen LogP contribution in [0.25, 0.3) is 0 Å². The molecule has 1 fully saturated rings. The van der Waals surface area contributed by atoms with Crippen LogP contribution in [-0.4, -0.2) is 29.7 Å². The summed E-state index contributed by atoms with van der Waals surface area (Å²) in [6, 6.07) is 4.18. The summed E-state index contributed by atoms with van der Waals surface area (Å²) in [6.45, 7) is 8.03. The van der Waals surface area contributed by atoms with E-state index in [0.717, 1.165) is 6.07 Å². The largest absolute Gasteiger partial charge is 0.444 e. The van der Waals surface area contributed by atoms with Gasteiger partial charge in [-0.25, -0.2) is 13.6 Å². The van der Waals surface area contributed by atoms with Gasteiger partial charge in [-0.15, -0.1) is 0 Å². The molecule has 0 N–H and O–H groups in total.